The molecule has 1 atom stereocenters. The van der Waals surface area contributed by atoms with Crippen LogP contribution >= 0.6 is 0 Å². The summed E-state index contributed by atoms with van der Waals surface area (Å²) in [5, 5.41) is 12.5. The highest BCUT2D eigenvalue weighted by atomic mass is 16.5. The summed E-state index contributed by atoms with van der Waals surface area (Å²) in [6.45, 7) is 5.56. The lowest BCUT2D eigenvalue weighted by atomic mass is 10.0. The van der Waals surface area contributed by atoms with E-state index >= 15 is 0 Å². The van der Waals surface area contributed by atoms with Crippen LogP contribution in [0.3, 0.4) is 0 Å². The molecule has 0 aromatic rings. The van der Waals surface area contributed by atoms with Gasteiger partial charge in [-0.15, -0.1) is 0 Å². The monoisotopic (exact) mass is 539 g/mol. The predicted molar refractivity (Wildman–Crippen MR) is 162 cm³/mol. The van der Waals surface area contributed by atoms with Gasteiger partial charge in [0.2, 0.25) is 0 Å². The third-order valence-corrected chi connectivity index (χ3v) is 7.60. The van der Waals surface area contributed by atoms with Crippen molar-refractivity contribution in [2.45, 2.75) is 187 Å². The molecule has 0 heterocycles. The maximum absolute atomic E-state index is 12.1. The zero-order valence-electron chi connectivity index (χ0n) is 25.5. The van der Waals surface area contributed by atoms with Gasteiger partial charge in [-0.25, -0.2) is 0 Å². The van der Waals surface area contributed by atoms with Gasteiger partial charge in [0, 0.05) is 0 Å². The van der Waals surface area contributed by atoms with E-state index in [9.17, 15) is 14.7 Å². The lowest BCUT2D eigenvalue weighted by Crippen LogP contribution is -2.39. The van der Waals surface area contributed by atoms with Crippen LogP contribution in [-0.2, 0) is 14.3 Å². The standard InChI is InChI=1S/C33H65NO4/c1-3-5-7-9-11-13-15-16-17-18-20-22-24-26-28-34-31(33(36)37)30-32(35)38-29-27-25-23-21-19-14-12-10-8-6-4-2/h31,34H,3-30H2,1-2H3,(H,36,37). The van der Waals surface area contributed by atoms with Gasteiger partial charge in [-0.05, 0) is 19.4 Å². The normalized spacial score (nSPS) is 12.1. The fourth-order valence-corrected chi connectivity index (χ4v) is 5.02. The first kappa shape index (κ1) is 36.9. The zero-order valence-corrected chi connectivity index (χ0v) is 25.5. The molecule has 1 unspecified atom stereocenters. The summed E-state index contributed by atoms with van der Waals surface area (Å²) in [4.78, 5) is 23.6. The van der Waals surface area contributed by atoms with Crippen LogP contribution in [0.5, 0.6) is 0 Å². The first-order valence-corrected chi connectivity index (χ1v) is 16.7. The number of ether oxygens (including phenoxy) is 1. The Bertz CT molecular complexity index is 511. The third-order valence-electron chi connectivity index (χ3n) is 7.60. The molecule has 0 fully saturated rings. The Kier molecular flexibility index (Phi) is 29.6. The van der Waals surface area contributed by atoms with Crippen molar-refractivity contribution in [2.75, 3.05) is 13.2 Å². The van der Waals surface area contributed by atoms with Crippen molar-refractivity contribution in [3.63, 3.8) is 0 Å². The van der Waals surface area contributed by atoms with E-state index in [0.29, 0.717) is 13.2 Å². The number of carboxylic acids is 1. The Balaban J connectivity index is 3.54. The van der Waals surface area contributed by atoms with Crippen LogP contribution in [0.1, 0.15) is 181 Å². The second-order valence-corrected chi connectivity index (χ2v) is 11.4. The lowest BCUT2D eigenvalue weighted by molar-refractivity contribution is -0.149. The number of nitrogens with one attached hydrogen (secondary N) is 1. The second kappa shape index (κ2) is 30.4. The molecule has 38 heavy (non-hydrogen) atoms. The van der Waals surface area contributed by atoms with Crippen LogP contribution in [0.15, 0.2) is 0 Å². The Labute approximate surface area is 236 Å². The van der Waals surface area contributed by atoms with E-state index < -0.39 is 18.0 Å². The topological polar surface area (TPSA) is 75.6 Å². The van der Waals surface area contributed by atoms with Gasteiger partial charge in [0.15, 0.2) is 0 Å². The van der Waals surface area contributed by atoms with Crippen molar-refractivity contribution < 1.29 is 19.4 Å². The van der Waals surface area contributed by atoms with Gasteiger partial charge in [0.25, 0.3) is 0 Å². The van der Waals surface area contributed by atoms with Gasteiger partial charge < -0.3 is 15.2 Å². The van der Waals surface area contributed by atoms with Crippen molar-refractivity contribution in [3.8, 4) is 0 Å². The first-order chi connectivity index (χ1) is 18.6. The number of hydrogen-bond donors (Lipinski definition) is 2. The number of esters is 1. The maximum Gasteiger partial charge on any atom is 0.321 e. The molecule has 5 nitrogen and oxygen atoms in total. The van der Waals surface area contributed by atoms with E-state index in [2.05, 4.69) is 19.2 Å². The lowest BCUT2D eigenvalue weighted by Gasteiger charge is -2.14. The number of hydrogen-bond acceptors (Lipinski definition) is 4. The second-order valence-electron chi connectivity index (χ2n) is 11.4. The van der Waals surface area contributed by atoms with Gasteiger partial charge in [0.05, 0.1) is 13.0 Å². The number of unbranched alkanes of at least 4 members (excludes halogenated alkanes) is 23. The van der Waals surface area contributed by atoms with Gasteiger partial charge in [-0.1, -0.05) is 162 Å². The molecule has 0 rings (SSSR count). The fraction of sp³-hybridized carbons (Fsp3) is 0.939. The summed E-state index contributed by atoms with van der Waals surface area (Å²) in [6.07, 6.45) is 32.0. The number of aliphatic carboxylic acids is 1. The Morgan fingerprint density at radius 2 is 0.895 bits per heavy atom. The summed E-state index contributed by atoms with van der Waals surface area (Å²) in [6, 6.07) is -0.846. The van der Waals surface area contributed by atoms with Crippen LogP contribution in [0, 0.1) is 0 Å². The van der Waals surface area contributed by atoms with E-state index in [1.54, 1.807) is 0 Å². The molecule has 0 aliphatic carbocycles. The van der Waals surface area contributed by atoms with Crippen molar-refractivity contribution >= 4 is 11.9 Å². The van der Waals surface area contributed by atoms with Crippen LogP contribution in [0.4, 0.5) is 0 Å². The molecular weight excluding hydrogens is 474 g/mol. The molecule has 0 radical (unpaired) electrons. The Morgan fingerprint density at radius 1 is 0.553 bits per heavy atom. The smallest absolute Gasteiger partial charge is 0.321 e. The van der Waals surface area contributed by atoms with Crippen molar-refractivity contribution in [1.29, 1.82) is 0 Å². The molecule has 0 saturated heterocycles. The minimum atomic E-state index is -0.970. The highest BCUT2D eigenvalue weighted by Crippen LogP contribution is 2.13. The number of rotatable bonds is 31. The van der Waals surface area contributed by atoms with Gasteiger partial charge >= 0.3 is 11.9 Å². The molecule has 2 N–H and O–H groups in total. The molecule has 5 heteroatoms. The average Bonchev–Trinajstić information content (AvgIpc) is 2.90. The van der Waals surface area contributed by atoms with Gasteiger partial charge in [-0.3, -0.25) is 9.59 Å². The van der Waals surface area contributed by atoms with E-state index in [0.717, 1.165) is 25.7 Å². The van der Waals surface area contributed by atoms with Gasteiger partial charge in [0.1, 0.15) is 6.04 Å². The highest BCUT2D eigenvalue weighted by molar-refractivity contribution is 5.81. The summed E-state index contributed by atoms with van der Waals surface area (Å²) in [5.74, 6) is -1.38. The van der Waals surface area contributed by atoms with E-state index in [-0.39, 0.29) is 6.42 Å². The van der Waals surface area contributed by atoms with E-state index in [4.69, 9.17) is 4.74 Å². The van der Waals surface area contributed by atoms with E-state index in [1.807, 2.05) is 0 Å². The Hall–Kier alpha value is -1.10. The molecule has 0 spiro atoms. The molecule has 0 bridgehead atoms. The molecule has 0 saturated carbocycles. The quantitative estimate of drug-likeness (QED) is 0.0677. The number of carbonyl (C=O) groups is 2. The van der Waals surface area contributed by atoms with Crippen molar-refractivity contribution in [3.05, 3.63) is 0 Å². The molecule has 0 amide bonds. The number of carboxylic acid groups (broad SMARTS) is 1. The molecule has 0 aliphatic rings. The summed E-state index contributed by atoms with van der Waals surface area (Å²) >= 11 is 0. The molecule has 226 valence electrons. The van der Waals surface area contributed by atoms with Crippen LogP contribution in [-0.4, -0.2) is 36.2 Å². The predicted octanol–water partition coefficient (Wildman–Crippen LogP) is 9.75. The highest BCUT2D eigenvalue weighted by Gasteiger charge is 2.21. The van der Waals surface area contributed by atoms with Crippen molar-refractivity contribution in [2.24, 2.45) is 0 Å². The number of carbonyl (C=O) groups excluding carboxylic acids is 1. The third kappa shape index (κ3) is 27.9. The SMILES string of the molecule is CCCCCCCCCCCCCCCCNC(CC(=O)OCCCCCCCCCCCCC)C(=O)O. The molecule has 0 aromatic heterocycles. The summed E-state index contributed by atoms with van der Waals surface area (Å²) in [7, 11) is 0. The van der Waals surface area contributed by atoms with Crippen LogP contribution in [0.2, 0.25) is 0 Å². The average molecular weight is 540 g/mol. The Morgan fingerprint density at radius 3 is 1.26 bits per heavy atom. The van der Waals surface area contributed by atoms with Gasteiger partial charge in [-0.2, -0.15) is 0 Å². The molecule has 0 aromatic carbocycles. The fourth-order valence-electron chi connectivity index (χ4n) is 5.02. The van der Waals surface area contributed by atoms with E-state index in [1.165, 1.54) is 135 Å². The minimum absolute atomic E-state index is 0.0913. The first-order valence-electron chi connectivity index (χ1n) is 16.7. The summed E-state index contributed by atoms with van der Waals surface area (Å²) < 4.78 is 5.29. The molecular formula is C33H65NO4. The summed E-state index contributed by atoms with van der Waals surface area (Å²) in [5.41, 5.74) is 0. The minimum Gasteiger partial charge on any atom is -0.480 e. The maximum atomic E-state index is 12.1. The van der Waals surface area contributed by atoms with Crippen LogP contribution in [0.25, 0.3) is 0 Å². The largest absolute Gasteiger partial charge is 0.480 e. The van der Waals surface area contributed by atoms with Crippen LogP contribution < -0.4 is 5.32 Å². The van der Waals surface area contributed by atoms with Crippen molar-refractivity contribution in [1.82, 2.24) is 5.32 Å². The molecule has 0 aliphatic heterocycles. The zero-order chi connectivity index (χ0) is 27.9.